The van der Waals surface area contributed by atoms with Crippen molar-refractivity contribution >= 4 is 5.91 Å². The number of fused-ring (bicyclic) bond motifs is 2. The maximum atomic E-state index is 14.1. The monoisotopic (exact) mass is 423 g/mol. The Morgan fingerprint density at radius 2 is 2.13 bits per heavy atom. The summed E-state index contributed by atoms with van der Waals surface area (Å²) in [5, 5.41) is 16.6. The number of aryl methyl sites for hydroxylation is 1. The summed E-state index contributed by atoms with van der Waals surface area (Å²) in [6, 6.07) is 13.5. The predicted molar refractivity (Wildman–Crippen MR) is 109 cm³/mol. The van der Waals surface area contributed by atoms with Gasteiger partial charge in [0.2, 0.25) is 5.88 Å². The number of nitrogens with zero attached hydrogens (tertiary/aromatic N) is 2. The van der Waals surface area contributed by atoms with Gasteiger partial charge in [0.05, 0.1) is 12.6 Å². The van der Waals surface area contributed by atoms with Gasteiger partial charge >= 0.3 is 0 Å². The number of benzene rings is 2. The van der Waals surface area contributed by atoms with E-state index in [-0.39, 0.29) is 30.1 Å². The highest BCUT2D eigenvalue weighted by atomic mass is 19.1. The van der Waals surface area contributed by atoms with Crippen LogP contribution in [-0.4, -0.2) is 33.4 Å². The van der Waals surface area contributed by atoms with Gasteiger partial charge in [-0.2, -0.15) is 5.10 Å². The molecule has 8 heteroatoms. The first-order valence-corrected chi connectivity index (χ1v) is 10.3. The van der Waals surface area contributed by atoms with Crippen molar-refractivity contribution in [1.82, 2.24) is 15.1 Å². The fourth-order valence-corrected chi connectivity index (χ4v) is 4.06. The Morgan fingerprint density at radius 1 is 1.26 bits per heavy atom. The Labute approximate surface area is 178 Å². The maximum absolute atomic E-state index is 14.1. The van der Waals surface area contributed by atoms with E-state index in [9.17, 15) is 14.3 Å². The lowest BCUT2D eigenvalue weighted by atomic mass is 10.0. The summed E-state index contributed by atoms with van der Waals surface area (Å²) in [7, 11) is 0. The molecule has 0 fully saturated rings. The molecule has 31 heavy (non-hydrogen) atoms. The van der Waals surface area contributed by atoms with Gasteiger partial charge in [0.15, 0.2) is 5.69 Å². The van der Waals surface area contributed by atoms with Crippen molar-refractivity contribution in [3.05, 3.63) is 76.7 Å². The molecule has 3 aromatic rings. The molecule has 2 aromatic carbocycles. The third-order valence-electron chi connectivity index (χ3n) is 5.64. The van der Waals surface area contributed by atoms with Crippen molar-refractivity contribution in [2.75, 3.05) is 6.61 Å². The molecule has 1 amide bonds. The zero-order valence-corrected chi connectivity index (χ0v) is 16.8. The minimum Gasteiger partial charge on any atom is -0.491 e. The summed E-state index contributed by atoms with van der Waals surface area (Å²) < 4.78 is 27.4. The van der Waals surface area contributed by atoms with Crippen molar-refractivity contribution in [3.8, 4) is 11.6 Å². The average Bonchev–Trinajstić information content (AvgIpc) is 3.22. The zero-order valence-electron chi connectivity index (χ0n) is 16.8. The number of aliphatic hydroxyl groups is 1. The molecule has 0 spiro atoms. The van der Waals surface area contributed by atoms with Crippen LogP contribution in [0.2, 0.25) is 0 Å². The average molecular weight is 423 g/mol. The maximum Gasteiger partial charge on any atom is 0.272 e. The van der Waals surface area contributed by atoms with E-state index in [2.05, 4.69) is 10.4 Å². The molecule has 1 aromatic heterocycles. The molecular formula is C23H22FN3O4. The molecule has 2 aliphatic heterocycles. The molecule has 0 saturated carbocycles. The van der Waals surface area contributed by atoms with Crippen LogP contribution < -0.4 is 14.8 Å². The van der Waals surface area contributed by atoms with Gasteiger partial charge in [-0.05, 0) is 35.7 Å². The number of nitrogens with one attached hydrogen (secondary N) is 1. The molecule has 0 aliphatic carbocycles. The Kier molecular flexibility index (Phi) is 5.07. The van der Waals surface area contributed by atoms with Crippen LogP contribution in [0.15, 0.2) is 48.5 Å². The highest BCUT2D eigenvalue weighted by molar-refractivity contribution is 5.92. The largest absolute Gasteiger partial charge is 0.491 e. The Balaban J connectivity index is 1.27. The van der Waals surface area contributed by atoms with E-state index in [0.717, 1.165) is 16.9 Å². The lowest BCUT2D eigenvalue weighted by Gasteiger charge is -2.26. The lowest BCUT2D eigenvalue weighted by Crippen LogP contribution is -2.42. The zero-order chi connectivity index (χ0) is 21.4. The molecule has 1 unspecified atom stereocenters. The normalized spacial score (nSPS) is 19.5. The fraction of sp³-hybridized carbons (Fsp3) is 0.304. The van der Waals surface area contributed by atoms with Crippen LogP contribution in [0.25, 0.3) is 0 Å². The van der Waals surface area contributed by atoms with E-state index in [1.54, 1.807) is 28.9 Å². The molecule has 160 valence electrons. The fourth-order valence-electron chi connectivity index (χ4n) is 4.06. The molecule has 3 heterocycles. The first kappa shape index (κ1) is 19.6. The van der Waals surface area contributed by atoms with Gasteiger partial charge in [0.25, 0.3) is 5.91 Å². The number of hydrogen-bond donors (Lipinski definition) is 2. The molecule has 0 saturated heterocycles. The number of aliphatic hydroxyl groups excluding tert-OH is 1. The van der Waals surface area contributed by atoms with E-state index in [1.165, 1.54) is 6.07 Å². The van der Waals surface area contributed by atoms with Crippen LogP contribution in [0.5, 0.6) is 11.6 Å². The molecule has 2 N–H and O–H groups in total. The van der Waals surface area contributed by atoms with Gasteiger partial charge in [0.1, 0.15) is 24.3 Å². The topological polar surface area (TPSA) is 85.6 Å². The number of ether oxygens (including phenoxy) is 2. The molecule has 2 atom stereocenters. The van der Waals surface area contributed by atoms with E-state index >= 15 is 0 Å². The molecule has 0 bridgehead atoms. The number of rotatable bonds is 4. The van der Waals surface area contributed by atoms with Crippen LogP contribution in [0, 0.1) is 5.82 Å². The second kappa shape index (κ2) is 8.03. The third kappa shape index (κ3) is 3.86. The predicted octanol–water partition coefficient (Wildman–Crippen LogP) is 2.77. The summed E-state index contributed by atoms with van der Waals surface area (Å²) >= 11 is 0. The van der Waals surface area contributed by atoms with Gasteiger partial charge < -0.3 is 19.9 Å². The standard InChI is InChI=1S/C23H22FN3O4/c24-18-4-2-1-3-17(18)21-7-8-27-22(31-21)11-19(26-27)23(29)25-16-10-15-9-14(12-28)5-6-20(15)30-13-16/h1-6,9,11,16,21,28H,7-8,10,12-13H2,(H,25,29)/t16-,21?/m1/s1. The second-order valence-corrected chi connectivity index (χ2v) is 7.79. The number of carbonyl (C=O) groups is 1. The van der Waals surface area contributed by atoms with Gasteiger partial charge in [-0.15, -0.1) is 0 Å². The van der Waals surface area contributed by atoms with Crippen LogP contribution in [0.1, 0.15) is 39.7 Å². The summed E-state index contributed by atoms with van der Waals surface area (Å²) in [5.41, 5.74) is 2.50. The summed E-state index contributed by atoms with van der Waals surface area (Å²) in [4.78, 5) is 12.8. The molecule has 2 aliphatic rings. The summed E-state index contributed by atoms with van der Waals surface area (Å²) in [5.74, 6) is 0.596. The van der Waals surface area contributed by atoms with Crippen molar-refractivity contribution < 1.29 is 23.8 Å². The first-order valence-electron chi connectivity index (χ1n) is 10.3. The number of halogens is 1. The van der Waals surface area contributed by atoms with Gasteiger partial charge in [-0.3, -0.25) is 4.79 Å². The van der Waals surface area contributed by atoms with E-state index in [4.69, 9.17) is 9.47 Å². The number of aromatic nitrogens is 2. The smallest absolute Gasteiger partial charge is 0.272 e. The van der Waals surface area contributed by atoms with Crippen LogP contribution in [-0.2, 0) is 19.6 Å². The van der Waals surface area contributed by atoms with Crippen molar-refractivity contribution in [1.29, 1.82) is 0 Å². The minimum absolute atomic E-state index is 0.0433. The summed E-state index contributed by atoms with van der Waals surface area (Å²) in [6.45, 7) is 0.848. The van der Waals surface area contributed by atoms with E-state index < -0.39 is 6.10 Å². The van der Waals surface area contributed by atoms with E-state index in [0.29, 0.717) is 37.4 Å². The quantitative estimate of drug-likeness (QED) is 0.674. The van der Waals surface area contributed by atoms with Gasteiger partial charge in [-0.1, -0.05) is 24.3 Å². The van der Waals surface area contributed by atoms with Crippen molar-refractivity contribution in [2.24, 2.45) is 0 Å². The van der Waals surface area contributed by atoms with Crippen LogP contribution >= 0.6 is 0 Å². The van der Waals surface area contributed by atoms with Crippen LogP contribution in [0.3, 0.4) is 0 Å². The Hall–Kier alpha value is -3.39. The molecule has 0 radical (unpaired) electrons. The highest BCUT2D eigenvalue weighted by Crippen LogP contribution is 2.32. The lowest BCUT2D eigenvalue weighted by molar-refractivity contribution is 0.0909. The third-order valence-corrected chi connectivity index (χ3v) is 5.64. The highest BCUT2D eigenvalue weighted by Gasteiger charge is 2.28. The molecule has 5 rings (SSSR count). The molecule has 7 nitrogen and oxygen atoms in total. The second-order valence-electron chi connectivity index (χ2n) is 7.79. The van der Waals surface area contributed by atoms with Crippen LogP contribution in [0.4, 0.5) is 4.39 Å². The SMILES string of the molecule is O=C(N[C@H]1COc2ccc(CO)cc2C1)c1cc2n(n1)CCC(c1ccccc1F)O2. The summed E-state index contributed by atoms with van der Waals surface area (Å²) in [6.07, 6.45) is 0.760. The minimum atomic E-state index is -0.412. The van der Waals surface area contributed by atoms with Gasteiger partial charge in [-0.25, -0.2) is 9.07 Å². The van der Waals surface area contributed by atoms with Gasteiger partial charge in [0, 0.05) is 24.6 Å². The van der Waals surface area contributed by atoms with Crippen molar-refractivity contribution in [3.63, 3.8) is 0 Å². The number of carbonyl (C=O) groups excluding carboxylic acids is 1. The number of amides is 1. The first-order chi connectivity index (χ1) is 15.1. The van der Waals surface area contributed by atoms with E-state index in [1.807, 2.05) is 18.2 Å². The van der Waals surface area contributed by atoms with Crippen molar-refractivity contribution in [2.45, 2.75) is 38.1 Å². The number of hydrogen-bond acceptors (Lipinski definition) is 5. The molecular weight excluding hydrogens is 401 g/mol. The Bertz CT molecular complexity index is 1130. The Morgan fingerprint density at radius 3 is 2.97 bits per heavy atom.